The lowest BCUT2D eigenvalue weighted by molar-refractivity contribution is 0.456. The zero-order valence-electron chi connectivity index (χ0n) is 40.3. The lowest BCUT2D eigenvalue weighted by Gasteiger charge is -2.35. The van der Waals surface area contributed by atoms with Crippen LogP contribution in [0.3, 0.4) is 0 Å². The number of benzene rings is 10. The minimum absolute atomic E-state index is 0.0724. The lowest BCUT2D eigenvalue weighted by atomic mass is 9.65. The summed E-state index contributed by atoms with van der Waals surface area (Å²) in [6, 6.07) is 73.9. The molecular weight excluding hydrogens is 921 g/mol. The Morgan fingerprint density at radius 3 is 0.947 bits per heavy atom. The van der Waals surface area contributed by atoms with Crippen molar-refractivity contribution in [3.8, 4) is 93.0 Å². The van der Waals surface area contributed by atoms with Crippen LogP contribution in [-0.4, -0.2) is 10.2 Å². The molecule has 0 bridgehead atoms. The van der Waals surface area contributed by atoms with Crippen LogP contribution < -0.4 is 20.9 Å². The summed E-state index contributed by atoms with van der Waals surface area (Å²) in [6.07, 6.45) is 0. The van der Waals surface area contributed by atoms with E-state index in [-0.39, 0.29) is 22.9 Å². The monoisotopic (exact) mass is 964 g/mol. The van der Waals surface area contributed by atoms with Gasteiger partial charge in [-0.3, -0.25) is 0 Å². The Labute approximate surface area is 436 Å². The molecule has 11 rings (SSSR count). The van der Waals surface area contributed by atoms with Crippen molar-refractivity contribution in [2.24, 2.45) is 0 Å². The third kappa shape index (κ3) is 9.84. The molecule has 75 heavy (non-hydrogen) atoms. The molecule has 0 heterocycles. The number of phenols is 2. The van der Waals surface area contributed by atoms with E-state index in [1.54, 1.807) is 24.3 Å². The van der Waals surface area contributed by atoms with Crippen LogP contribution in [0.5, 0.6) is 34.5 Å². The van der Waals surface area contributed by atoms with Crippen molar-refractivity contribution < 1.29 is 19.7 Å². The van der Waals surface area contributed by atoms with Crippen LogP contribution in [0, 0.1) is 47.4 Å². The summed E-state index contributed by atoms with van der Waals surface area (Å²) in [5, 5.41) is 21.0. The number of nitrogens with two attached hydrogens (primary N) is 2. The fourth-order valence-electron chi connectivity index (χ4n) is 9.37. The number of ether oxygens (including phenoxy) is 2. The van der Waals surface area contributed by atoms with Gasteiger partial charge in [0.1, 0.15) is 34.5 Å². The van der Waals surface area contributed by atoms with Crippen LogP contribution >= 0.6 is 0 Å². The van der Waals surface area contributed by atoms with Gasteiger partial charge in [-0.05, 0) is 155 Å². The van der Waals surface area contributed by atoms with Gasteiger partial charge in [0.2, 0.25) is 0 Å². The molecule has 0 radical (unpaired) electrons. The predicted molar refractivity (Wildman–Crippen MR) is 299 cm³/mol. The van der Waals surface area contributed by atoms with E-state index in [1.165, 1.54) is 12.1 Å². The van der Waals surface area contributed by atoms with Crippen molar-refractivity contribution in [2.75, 3.05) is 11.5 Å². The quantitative estimate of drug-likeness (QED) is 0.0751. The first-order valence-corrected chi connectivity index (χ1v) is 24.2. The normalized spacial score (nSPS) is 11.4. The molecule has 0 aliphatic heterocycles. The van der Waals surface area contributed by atoms with Crippen molar-refractivity contribution in [3.05, 3.63) is 297 Å². The number of anilines is 2. The topological polar surface area (TPSA) is 111 Å². The summed E-state index contributed by atoms with van der Waals surface area (Å²) >= 11 is 0. The molecule has 10 aromatic carbocycles. The Morgan fingerprint density at radius 1 is 0.307 bits per heavy atom. The number of hydrogen-bond donors (Lipinski definition) is 4. The summed E-state index contributed by atoms with van der Waals surface area (Å²) in [5.41, 5.74) is 23.3. The van der Waals surface area contributed by atoms with Gasteiger partial charge in [-0.25, -0.2) is 0 Å². The van der Waals surface area contributed by atoms with Gasteiger partial charge in [-0.2, -0.15) is 0 Å². The molecule has 354 valence electrons. The summed E-state index contributed by atoms with van der Waals surface area (Å²) in [4.78, 5) is 0. The Bertz CT molecular complexity index is 3770. The summed E-state index contributed by atoms with van der Waals surface area (Å²) in [5.74, 6) is 30.0. The number of rotatable bonds is 6. The fraction of sp³-hybridized carbons (Fsp3) is 0.0145. The first-order chi connectivity index (χ1) is 36.8. The number of fused-ring (bicyclic) bond motifs is 3. The van der Waals surface area contributed by atoms with E-state index in [2.05, 4.69) is 95.9 Å². The molecular formula is C69H44N2O4. The van der Waals surface area contributed by atoms with Crippen LogP contribution in [-0.2, 0) is 5.41 Å². The zero-order chi connectivity index (χ0) is 51.1. The molecule has 6 nitrogen and oxygen atoms in total. The molecule has 0 aromatic heterocycles. The minimum atomic E-state index is -1.11. The minimum Gasteiger partial charge on any atom is -0.506 e. The fourth-order valence-corrected chi connectivity index (χ4v) is 9.37. The largest absolute Gasteiger partial charge is 0.506 e. The molecule has 1 aliphatic rings. The lowest BCUT2D eigenvalue weighted by Crippen LogP contribution is -2.30. The van der Waals surface area contributed by atoms with Crippen LogP contribution in [0.1, 0.15) is 66.8 Å². The van der Waals surface area contributed by atoms with E-state index in [1.807, 2.05) is 146 Å². The Morgan fingerprint density at radius 2 is 0.613 bits per heavy atom. The SMILES string of the molecule is Nc1ccc(Oc2ccc(C3(c4ccc(Oc5ccc(N)c(O)c5)cc4)c4c(C#Cc5ccccc5)cc(C#Cc5ccccc5)cc4-c4cc(C#Cc5ccccc5)cc(C#Cc5ccccc5)c43)cc2)cc1O. The standard InChI is InChI=1S/C69H44N2O4/c70-63-39-37-59(45-65(63)72)74-57-33-29-55(30-34-57)69(56-31-35-58(36-32-56)75-60-38-40-64(71)66(73)46-60)67-53(27-25-49-17-9-3-10-18-49)41-51(23-21-47-13-5-1-6-14-47)43-61(67)62-44-52(24-22-48-15-7-2-8-16-48)42-54(68(62)69)28-26-50-19-11-4-12-20-50/h1-20,29-46,72-73H,70-71H2. The second kappa shape index (κ2) is 20.5. The maximum atomic E-state index is 10.5. The van der Waals surface area contributed by atoms with Crippen molar-refractivity contribution in [2.45, 2.75) is 5.41 Å². The molecule has 0 spiro atoms. The molecule has 0 saturated heterocycles. The molecule has 0 fully saturated rings. The molecule has 1 aliphatic carbocycles. The highest BCUT2D eigenvalue weighted by molar-refractivity contribution is 5.92. The molecule has 6 N–H and O–H groups in total. The third-order valence-corrected chi connectivity index (χ3v) is 12.8. The van der Waals surface area contributed by atoms with Crippen molar-refractivity contribution in [1.82, 2.24) is 0 Å². The highest BCUT2D eigenvalue weighted by Crippen LogP contribution is 2.59. The van der Waals surface area contributed by atoms with Crippen LogP contribution in [0.4, 0.5) is 11.4 Å². The molecule has 10 aromatic rings. The third-order valence-electron chi connectivity index (χ3n) is 12.8. The van der Waals surface area contributed by atoms with Gasteiger partial charge < -0.3 is 31.2 Å². The van der Waals surface area contributed by atoms with Gasteiger partial charge in [-0.15, -0.1) is 0 Å². The van der Waals surface area contributed by atoms with Crippen molar-refractivity contribution >= 4 is 11.4 Å². The maximum absolute atomic E-state index is 10.5. The van der Waals surface area contributed by atoms with E-state index in [4.69, 9.17) is 20.9 Å². The summed E-state index contributed by atoms with van der Waals surface area (Å²) in [6.45, 7) is 0. The first kappa shape index (κ1) is 46.6. The van der Waals surface area contributed by atoms with Crippen LogP contribution in [0.15, 0.2) is 231 Å². The van der Waals surface area contributed by atoms with Gasteiger partial charge in [0.05, 0.1) is 16.8 Å². The van der Waals surface area contributed by atoms with Gasteiger partial charge in [0, 0.05) is 56.6 Å². The molecule has 0 atom stereocenters. The summed E-state index contributed by atoms with van der Waals surface area (Å²) < 4.78 is 12.7. The molecule has 0 saturated carbocycles. The first-order valence-electron chi connectivity index (χ1n) is 24.2. The number of aromatic hydroxyl groups is 2. The number of nitrogen functional groups attached to an aromatic ring is 2. The van der Waals surface area contributed by atoms with E-state index in [0.717, 1.165) is 77.9 Å². The average molecular weight is 965 g/mol. The second-order valence-corrected chi connectivity index (χ2v) is 17.8. The van der Waals surface area contributed by atoms with Gasteiger partial charge in [-0.1, -0.05) is 144 Å². The van der Waals surface area contributed by atoms with E-state index in [0.29, 0.717) is 23.0 Å². The highest BCUT2D eigenvalue weighted by Gasteiger charge is 2.49. The number of phenolic OH excluding ortho intramolecular Hbond substituents is 2. The van der Waals surface area contributed by atoms with Crippen LogP contribution in [0.25, 0.3) is 11.1 Å². The van der Waals surface area contributed by atoms with Crippen molar-refractivity contribution in [1.29, 1.82) is 0 Å². The Hall–Kier alpha value is -10.8. The number of hydrogen-bond acceptors (Lipinski definition) is 6. The van der Waals surface area contributed by atoms with E-state index >= 15 is 0 Å². The highest BCUT2D eigenvalue weighted by atomic mass is 16.5. The maximum Gasteiger partial charge on any atom is 0.142 e. The van der Waals surface area contributed by atoms with Gasteiger partial charge >= 0.3 is 0 Å². The molecule has 0 unspecified atom stereocenters. The Balaban J connectivity index is 1.23. The Kier molecular flexibility index (Phi) is 12.8. The van der Waals surface area contributed by atoms with Gasteiger partial charge in [0.25, 0.3) is 0 Å². The van der Waals surface area contributed by atoms with E-state index in [9.17, 15) is 10.2 Å². The molecule has 6 heteroatoms. The van der Waals surface area contributed by atoms with Gasteiger partial charge in [0.15, 0.2) is 0 Å². The predicted octanol–water partition coefficient (Wildman–Crippen LogP) is 13.8. The van der Waals surface area contributed by atoms with E-state index < -0.39 is 5.41 Å². The summed E-state index contributed by atoms with van der Waals surface area (Å²) in [7, 11) is 0. The second-order valence-electron chi connectivity index (χ2n) is 17.8. The smallest absolute Gasteiger partial charge is 0.142 e. The zero-order valence-corrected chi connectivity index (χ0v) is 40.3. The molecule has 0 amide bonds. The van der Waals surface area contributed by atoms with Crippen molar-refractivity contribution in [3.63, 3.8) is 0 Å². The van der Waals surface area contributed by atoms with Crippen LogP contribution in [0.2, 0.25) is 0 Å². The average Bonchev–Trinajstić information content (AvgIpc) is 3.91.